The standard InChI is InChI=1S/C17H26N2O/c1-14(2)11-19-12-15-7-5-6-8-16(15)20-10-9-17(3,4)13-18/h5-8,14,19H,9-12H2,1-4H3. The van der Waals surface area contributed by atoms with Crippen LogP contribution >= 0.6 is 0 Å². The highest BCUT2D eigenvalue weighted by atomic mass is 16.5. The van der Waals surface area contributed by atoms with E-state index >= 15 is 0 Å². The van der Waals surface area contributed by atoms with E-state index in [-0.39, 0.29) is 5.41 Å². The maximum absolute atomic E-state index is 9.00. The van der Waals surface area contributed by atoms with Crippen molar-refractivity contribution >= 4 is 0 Å². The molecule has 0 bridgehead atoms. The first-order valence-corrected chi connectivity index (χ1v) is 7.27. The second kappa shape index (κ2) is 7.91. The third-order valence-electron chi connectivity index (χ3n) is 3.13. The largest absolute Gasteiger partial charge is 0.493 e. The molecule has 3 heteroatoms. The second-order valence-electron chi connectivity index (χ2n) is 6.23. The molecular formula is C17H26N2O. The van der Waals surface area contributed by atoms with Gasteiger partial charge in [-0.2, -0.15) is 5.26 Å². The number of nitrogens with one attached hydrogen (secondary N) is 1. The Morgan fingerprint density at radius 2 is 2.00 bits per heavy atom. The zero-order chi connectivity index (χ0) is 15.0. The van der Waals surface area contributed by atoms with E-state index in [1.54, 1.807) is 0 Å². The van der Waals surface area contributed by atoms with E-state index in [1.807, 2.05) is 32.0 Å². The van der Waals surface area contributed by atoms with Crippen molar-refractivity contribution in [2.75, 3.05) is 13.2 Å². The van der Waals surface area contributed by atoms with E-state index in [1.165, 1.54) is 5.56 Å². The maximum atomic E-state index is 9.00. The van der Waals surface area contributed by atoms with Crippen molar-refractivity contribution in [3.63, 3.8) is 0 Å². The summed E-state index contributed by atoms with van der Waals surface area (Å²) < 4.78 is 5.84. The molecule has 1 rings (SSSR count). The van der Waals surface area contributed by atoms with Crippen LogP contribution in [0.5, 0.6) is 5.75 Å². The van der Waals surface area contributed by atoms with Gasteiger partial charge in [0.1, 0.15) is 5.75 Å². The lowest BCUT2D eigenvalue weighted by Crippen LogP contribution is -2.19. The molecule has 0 heterocycles. The molecule has 1 N–H and O–H groups in total. The van der Waals surface area contributed by atoms with Crippen LogP contribution in [-0.2, 0) is 6.54 Å². The number of hydrogen-bond donors (Lipinski definition) is 1. The smallest absolute Gasteiger partial charge is 0.123 e. The number of hydrogen-bond acceptors (Lipinski definition) is 3. The number of para-hydroxylation sites is 1. The van der Waals surface area contributed by atoms with E-state index < -0.39 is 0 Å². The van der Waals surface area contributed by atoms with Gasteiger partial charge in [0, 0.05) is 12.1 Å². The predicted octanol–water partition coefficient (Wildman–Crippen LogP) is 3.75. The van der Waals surface area contributed by atoms with Gasteiger partial charge in [0.25, 0.3) is 0 Å². The van der Waals surface area contributed by atoms with E-state index in [0.717, 1.165) is 25.3 Å². The Labute approximate surface area is 123 Å². The molecule has 0 saturated heterocycles. The number of rotatable bonds is 8. The number of ether oxygens (including phenoxy) is 1. The number of benzene rings is 1. The molecule has 0 unspecified atom stereocenters. The van der Waals surface area contributed by atoms with Crippen LogP contribution < -0.4 is 10.1 Å². The molecule has 0 atom stereocenters. The molecule has 0 spiro atoms. The molecule has 0 amide bonds. The molecule has 0 aliphatic carbocycles. The van der Waals surface area contributed by atoms with Crippen LogP contribution in [0.3, 0.4) is 0 Å². The summed E-state index contributed by atoms with van der Waals surface area (Å²) in [5, 5.41) is 12.4. The SMILES string of the molecule is CC(C)CNCc1ccccc1OCCC(C)(C)C#N. The molecule has 20 heavy (non-hydrogen) atoms. The predicted molar refractivity (Wildman–Crippen MR) is 82.5 cm³/mol. The highest BCUT2D eigenvalue weighted by Gasteiger charge is 2.16. The molecule has 0 saturated carbocycles. The summed E-state index contributed by atoms with van der Waals surface area (Å²) in [6.45, 7) is 10.6. The van der Waals surface area contributed by atoms with Gasteiger partial charge in [0.05, 0.1) is 18.1 Å². The summed E-state index contributed by atoms with van der Waals surface area (Å²) in [7, 11) is 0. The average molecular weight is 274 g/mol. The van der Waals surface area contributed by atoms with Crippen LogP contribution in [0.2, 0.25) is 0 Å². The van der Waals surface area contributed by atoms with Crippen molar-refractivity contribution in [2.45, 2.75) is 40.7 Å². The number of nitriles is 1. The van der Waals surface area contributed by atoms with E-state index in [2.05, 4.69) is 31.3 Å². The lowest BCUT2D eigenvalue weighted by molar-refractivity contribution is 0.262. The fourth-order valence-electron chi connectivity index (χ4n) is 1.76. The summed E-state index contributed by atoms with van der Waals surface area (Å²) in [4.78, 5) is 0. The van der Waals surface area contributed by atoms with Crippen molar-refractivity contribution in [1.29, 1.82) is 5.26 Å². The first kappa shape index (κ1) is 16.5. The van der Waals surface area contributed by atoms with Gasteiger partial charge in [0.15, 0.2) is 0 Å². The summed E-state index contributed by atoms with van der Waals surface area (Å²) in [6.07, 6.45) is 0.733. The third-order valence-corrected chi connectivity index (χ3v) is 3.13. The van der Waals surface area contributed by atoms with Gasteiger partial charge in [-0.05, 0) is 38.8 Å². The van der Waals surface area contributed by atoms with Crippen molar-refractivity contribution < 1.29 is 4.74 Å². The Morgan fingerprint density at radius 1 is 1.30 bits per heavy atom. The zero-order valence-corrected chi connectivity index (χ0v) is 13.1. The Balaban J connectivity index is 2.51. The maximum Gasteiger partial charge on any atom is 0.123 e. The first-order chi connectivity index (χ1) is 9.44. The Morgan fingerprint density at radius 3 is 2.65 bits per heavy atom. The van der Waals surface area contributed by atoms with Crippen LogP contribution in [0.25, 0.3) is 0 Å². The summed E-state index contributed by atoms with van der Waals surface area (Å²) in [6, 6.07) is 10.4. The van der Waals surface area contributed by atoms with E-state index in [4.69, 9.17) is 10.00 Å². The van der Waals surface area contributed by atoms with Gasteiger partial charge in [-0.3, -0.25) is 0 Å². The topological polar surface area (TPSA) is 45.0 Å². The van der Waals surface area contributed by atoms with Crippen LogP contribution in [-0.4, -0.2) is 13.2 Å². The fraction of sp³-hybridized carbons (Fsp3) is 0.588. The lowest BCUT2D eigenvalue weighted by Gasteiger charge is -2.17. The monoisotopic (exact) mass is 274 g/mol. The molecule has 0 radical (unpaired) electrons. The fourth-order valence-corrected chi connectivity index (χ4v) is 1.76. The Bertz CT molecular complexity index is 447. The van der Waals surface area contributed by atoms with Crippen LogP contribution in [0.4, 0.5) is 0 Å². The van der Waals surface area contributed by atoms with E-state index in [9.17, 15) is 0 Å². The van der Waals surface area contributed by atoms with Crippen LogP contribution in [0, 0.1) is 22.7 Å². The summed E-state index contributed by atoms with van der Waals surface area (Å²) in [5.74, 6) is 1.55. The lowest BCUT2D eigenvalue weighted by atomic mass is 9.92. The summed E-state index contributed by atoms with van der Waals surface area (Å²) in [5.41, 5.74) is 0.841. The average Bonchev–Trinajstić information content (AvgIpc) is 2.40. The minimum atomic E-state index is -0.329. The van der Waals surface area contributed by atoms with Gasteiger partial charge in [0.2, 0.25) is 0 Å². The highest BCUT2D eigenvalue weighted by molar-refractivity contribution is 5.33. The quantitative estimate of drug-likeness (QED) is 0.785. The van der Waals surface area contributed by atoms with Gasteiger partial charge in [-0.1, -0.05) is 32.0 Å². The third kappa shape index (κ3) is 6.08. The van der Waals surface area contributed by atoms with Gasteiger partial charge >= 0.3 is 0 Å². The van der Waals surface area contributed by atoms with Crippen molar-refractivity contribution in [1.82, 2.24) is 5.32 Å². The van der Waals surface area contributed by atoms with Crippen LogP contribution in [0.1, 0.15) is 39.7 Å². The molecular weight excluding hydrogens is 248 g/mol. The van der Waals surface area contributed by atoms with Gasteiger partial charge in [-0.25, -0.2) is 0 Å². The first-order valence-electron chi connectivity index (χ1n) is 7.27. The molecule has 0 aliphatic rings. The summed E-state index contributed by atoms with van der Waals surface area (Å²) >= 11 is 0. The molecule has 0 aromatic heterocycles. The number of nitrogens with zero attached hydrogens (tertiary/aromatic N) is 1. The minimum Gasteiger partial charge on any atom is -0.493 e. The minimum absolute atomic E-state index is 0.329. The van der Waals surface area contributed by atoms with Gasteiger partial charge < -0.3 is 10.1 Å². The zero-order valence-electron chi connectivity index (χ0n) is 13.1. The highest BCUT2D eigenvalue weighted by Crippen LogP contribution is 2.22. The Hall–Kier alpha value is -1.53. The molecule has 110 valence electrons. The van der Waals surface area contributed by atoms with Crippen molar-refractivity contribution in [2.24, 2.45) is 11.3 Å². The Kier molecular flexibility index (Phi) is 6.54. The second-order valence-corrected chi connectivity index (χ2v) is 6.23. The molecule has 1 aromatic carbocycles. The van der Waals surface area contributed by atoms with Crippen LogP contribution in [0.15, 0.2) is 24.3 Å². The van der Waals surface area contributed by atoms with Crippen molar-refractivity contribution in [3.8, 4) is 11.8 Å². The molecule has 0 fully saturated rings. The normalized spacial score (nSPS) is 11.4. The molecule has 3 nitrogen and oxygen atoms in total. The van der Waals surface area contributed by atoms with Gasteiger partial charge in [-0.15, -0.1) is 0 Å². The van der Waals surface area contributed by atoms with Crippen molar-refractivity contribution in [3.05, 3.63) is 29.8 Å². The van der Waals surface area contributed by atoms with E-state index in [0.29, 0.717) is 12.5 Å². The molecule has 1 aromatic rings. The molecule has 0 aliphatic heterocycles.